The highest BCUT2D eigenvalue weighted by Gasteiger charge is 1.94. The Bertz CT molecular complexity index is 120. The molecule has 0 heterocycles. The molecule has 3 heteroatoms. The Labute approximate surface area is 95.1 Å². The minimum Gasteiger partial charge on any atom is -0.284 e. The molecule has 15 heavy (non-hydrogen) atoms. The Morgan fingerprint density at radius 2 is 1.47 bits per heavy atom. The molecule has 0 bridgehead atoms. The molecule has 0 saturated heterocycles. The minimum atomic E-state index is 0.826. The monoisotopic (exact) mass is 216 g/mol. The van der Waals surface area contributed by atoms with Crippen LogP contribution < -0.4 is 5.43 Å². The van der Waals surface area contributed by atoms with Gasteiger partial charge in [0.1, 0.15) is 0 Å². The van der Waals surface area contributed by atoms with E-state index in [1.54, 1.807) is 5.17 Å². The molecule has 0 atom stereocenters. The van der Waals surface area contributed by atoms with Gasteiger partial charge in [-0.15, -0.1) is 5.17 Å². The Hall–Kier alpha value is -0.120. The molecule has 0 fully saturated rings. The molecule has 0 spiro atoms. The number of rotatable bonds is 11. The van der Waals surface area contributed by atoms with E-state index < -0.39 is 0 Å². The predicted octanol–water partition coefficient (Wildman–Crippen LogP) is 3.12. The van der Waals surface area contributed by atoms with E-state index in [0.717, 1.165) is 6.61 Å². The first-order valence-corrected chi connectivity index (χ1v) is 6.35. The molecule has 3 nitrogen and oxygen atoms in total. The summed E-state index contributed by atoms with van der Waals surface area (Å²) >= 11 is 0. The van der Waals surface area contributed by atoms with Crippen LogP contribution in [0.25, 0.3) is 0 Å². The molecule has 1 N–H and O–H groups in total. The zero-order valence-corrected chi connectivity index (χ0v) is 10.7. The van der Waals surface area contributed by atoms with Gasteiger partial charge in [0, 0.05) is 14.1 Å². The lowest BCUT2D eigenvalue weighted by Gasteiger charge is -2.14. The van der Waals surface area contributed by atoms with Crippen LogP contribution in [0.1, 0.15) is 58.3 Å². The van der Waals surface area contributed by atoms with Crippen molar-refractivity contribution in [1.29, 1.82) is 0 Å². The van der Waals surface area contributed by atoms with Crippen molar-refractivity contribution in [3.63, 3.8) is 0 Å². The first-order chi connectivity index (χ1) is 7.31. The van der Waals surface area contributed by atoms with Crippen molar-refractivity contribution in [2.24, 2.45) is 0 Å². The van der Waals surface area contributed by atoms with Gasteiger partial charge in [0.2, 0.25) is 0 Å². The van der Waals surface area contributed by atoms with Gasteiger partial charge < -0.3 is 0 Å². The lowest BCUT2D eigenvalue weighted by molar-refractivity contribution is -0.172. The van der Waals surface area contributed by atoms with Gasteiger partial charge in [-0.3, -0.25) is 4.84 Å². The Kier molecular flexibility index (Phi) is 11.9. The van der Waals surface area contributed by atoms with Gasteiger partial charge in [0.25, 0.3) is 0 Å². The van der Waals surface area contributed by atoms with Crippen LogP contribution in [0.4, 0.5) is 0 Å². The largest absolute Gasteiger partial charge is 0.284 e. The van der Waals surface area contributed by atoms with Gasteiger partial charge >= 0.3 is 0 Å². The summed E-state index contributed by atoms with van der Waals surface area (Å²) in [5.74, 6) is 0. The van der Waals surface area contributed by atoms with Gasteiger partial charge in [0.15, 0.2) is 0 Å². The van der Waals surface area contributed by atoms with Crippen LogP contribution >= 0.6 is 0 Å². The number of unbranched alkanes of at least 4 members (excludes halogenated alkanes) is 7. The summed E-state index contributed by atoms with van der Waals surface area (Å²) in [5, 5.41) is 1.65. The van der Waals surface area contributed by atoms with E-state index in [0.29, 0.717) is 0 Å². The first kappa shape index (κ1) is 14.9. The second-order valence-electron chi connectivity index (χ2n) is 4.03. The molecular weight excluding hydrogens is 188 g/mol. The fourth-order valence-corrected chi connectivity index (χ4v) is 1.50. The zero-order valence-electron chi connectivity index (χ0n) is 10.7. The summed E-state index contributed by atoms with van der Waals surface area (Å²) in [7, 11) is 3.73. The van der Waals surface area contributed by atoms with Crippen molar-refractivity contribution >= 4 is 0 Å². The van der Waals surface area contributed by atoms with Crippen LogP contribution in [0.5, 0.6) is 0 Å². The van der Waals surface area contributed by atoms with Gasteiger partial charge in [-0.25, -0.2) is 5.43 Å². The highest BCUT2D eigenvalue weighted by atomic mass is 16.7. The van der Waals surface area contributed by atoms with Crippen molar-refractivity contribution in [2.45, 2.75) is 58.3 Å². The smallest absolute Gasteiger partial charge is 0.0701 e. The molecule has 0 saturated carbocycles. The topological polar surface area (TPSA) is 24.5 Å². The molecule has 0 aromatic rings. The van der Waals surface area contributed by atoms with Crippen LogP contribution in [0.2, 0.25) is 0 Å². The van der Waals surface area contributed by atoms with Gasteiger partial charge in [-0.1, -0.05) is 51.9 Å². The fraction of sp³-hybridized carbons (Fsp3) is 1.00. The number of nitrogens with zero attached hydrogens (tertiary/aromatic N) is 1. The van der Waals surface area contributed by atoms with Crippen molar-refractivity contribution in [1.82, 2.24) is 10.6 Å². The summed E-state index contributed by atoms with van der Waals surface area (Å²) in [6, 6.07) is 0. The van der Waals surface area contributed by atoms with E-state index in [4.69, 9.17) is 4.84 Å². The molecule has 0 radical (unpaired) electrons. The normalized spacial score (nSPS) is 11.2. The van der Waals surface area contributed by atoms with Gasteiger partial charge in [-0.2, -0.15) is 0 Å². The number of hydrogen-bond donors (Lipinski definition) is 1. The van der Waals surface area contributed by atoms with Crippen molar-refractivity contribution in [2.75, 3.05) is 20.7 Å². The lowest BCUT2D eigenvalue weighted by Crippen LogP contribution is -2.31. The van der Waals surface area contributed by atoms with Gasteiger partial charge in [0.05, 0.1) is 6.61 Å². The lowest BCUT2D eigenvalue weighted by atomic mass is 10.1. The third kappa shape index (κ3) is 11.8. The van der Waals surface area contributed by atoms with Crippen LogP contribution in [0, 0.1) is 0 Å². The van der Waals surface area contributed by atoms with Crippen molar-refractivity contribution in [3.8, 4) is 0 Å². The molecule has 92 valence electrons. The minimum absolute atomic E-state index is 0.826. The zero-order chi connectivity index (χ0) is 11.4. The van der Waals surface area contributed by atoms with Crippen LogP contribution in [-0.2, 0) is 4.84 Å². The Morgan fingerprint density at radius 3 is 2.00 bits per heavy atom. The highest BCUT2D eigenvalue weighted by Crippen LogP contribution is 2.08. The summed E-state index contributed by atoms with van der Waals surface area (Å²) in [5.41, 5.74) is 2.90. The van der Waals surface area contributed by atoms with E-state index in [1.165, 1.54) is 51.4 Å². The van der Waals surface area contributed by atoms with E-state index >= 15 is 0 Å². The second kappa shape index (κ2) is 12.0. The number of nitrogens with one attached hydrogen (secondary N) is 1. The third-order valence-electron chi connectivity index (χ3n) is 2.60. The molecule has 0 amide bonds. The molecule has 0 aromatic heterocycles. The summed E-state index contributed by atoms with van der Waals surface area (Å²) < 4.78 is 0. The van der Waals surface area contributed by atoms with Crippen LogP contribution in [-0.4, -0.2) is 25.9 Å². The number of hydrazine groups is 1. The fourth-order valence-electron chi connectivity index (χ4n) is 1.50. The third-order valence-corrected chi connectivity index (χ3v) is 2.60. The average molecular weight is 216 g/mol. The molecule has 0 aromatic carbocycles. The van der Waals surface area contributed by atoms with E-state index in [1.807, 2.05) is 14.1 Å². The first-order valence-electron chi connectivity index (χ1n) is 6.35. The van der Waals surface area contributed by atoms with Crippen LogP contribution in [0.15, 0.2) is 0 Å². The molecule has 0 aliphatic heterocycles. The molecular formula is C12H28N2O. The van der Waals surface area contributed by atoms with Crippen molar-refractivity contribution in [3.05, 3.63) is 0 Å². The maximum atomic E-state index is 5.36. The Balaban J connectivity index is 2.92. The molecule has 0 aliphatic carbocycles. The molecule has 0 rings (SSSR count). The highest BCUT2D eigenvalue weighted by molar-refractivity contribution is 4.45. The van der Waals surface area contributed by atoms with Gasteiger partial charge in [-0.05, 0) is 6.42 Å². The summed E-state index contributed by atoms with van der Waals surface area (Å²) in [6.07, 6.45) is 10.8. The summed E-state index contributed by atoms with van der Waals surface area (Å²) in [6.45, 7) is 3.09. The van der Waals surface area contributed by atoms with E-state index in [2.05, 4.69) is 12.3 Å². The predicted molar refractivity (Wildman–Crippen MR) is 65.4 cm³/mol. The maximum absolute atomic E-state index is 5.36. The second-order valence-corrected chi connectivity index (χ2v) is 4.03. The van der Waals surface area contributed by atoms with E-state index in [-0.39, 0.29) is 0 Å². The van der Waals surface area contributed by atoms with Crippen LogP contribution in [0.3, 0.4) is 0 Å². The van der Waals surface area contributed by atoms with E-state index in [9.17, 15) is 0 Å². The molecule has 0 aliphatic rings. The standard InChI is InChI=1S/C12H28N2O/c1-4-5-6-7-8-9-10-11-12-15-14(3)13-2/h13H,4-12H2,1-3H3. The SMILES string of the molecule is CCCCCCCCCCON(C)NC. The quantitative estimate of drug-likeness (QED) is 0.424. The summed E-state index contributed by atoms with van der Waals surface area (Å²) in [4.78, 5) is 5.36. The molecule has 0 unspecified atom stereocenters. The van der Waals surface area contributed by atoms with Crippen molar-refractivity contribution < 1.29 is 4.84 Å². The average Bonchev–Trinajstić information content (AvgIpc) is 2.26. The number of hydroxylamine groups is 1. The Morgan fingerprint density at radius 1 is 0.933 bits per heavy atom. The number of hydrogen-bond acceptors (Lipinski definition) is 3. The maximum Gasteiger partial charge on any atom is 0.0701 e.